The molecule has 17 heavy (non-hydrogen) atoms. The van der Waals surface area contributed by atoms with Gasteiger partial charge in [-0.15, -0.1) is 0 Å². The lowest BCUT2D eigenvalue weighted by atomic mass is 10.1. The fourth-order valence-electron chi connectivity index (χ4n) is 2.10. The Morgan fingerprint density at radius 2 is 2.41 bits per heavy atom. The number of hydrogen-bond donors (Lipinski definition) is 0. The van der Waals surface area contributed by atoms with Crippen LogP contribution in [-0.2, 0) is 6.54 Å². The Kier molecular flexibility index (Phi) is 4.03. The van der Waals surface area contributed by atoms with Crippen molar-refractivity contribution in [1.29, 1.82) is 5.26 Å². The molecule has 3 nitrogen and oxygen atoms in total. The third kappa shape index (κ3) is 2.80. The zero-order valence-corrected chi connectivity index (χ0v) is 11.1. The first-order valence-corrected chi connectivity index (χ1v) is 6.97. The van der Waals surface area contributed by atoms with Crippen molar-refractivity contribution in [2.24, 2.45) is 0 Å². The molecule has 1 aromatic heterocycles. The van der Waals surface area contributed by atoms with E-state index in [1.807, 2.05) is 23.9 Å². The van der Waals surface area contributed by atoms with E-state index in [1.165, 1.54) is 5.75 Å². The highest BCUT2D eigenvalue weighted by Gasteiger charge is 2.25. The predicted molar refractivity (Wildman–Crippen MR) is 70.7 cm³/mol. The summed E-state index contributed by atoms with van der Waals surface area (Å²) in [6, 6.07) is 6.63. The molecule has 0 aromatic carbocycles. The van der Waals surface area contributed by atoms with Crippen molar-refractivity contribution in [3.63, 3.8) is 0 Å². The van der Waals surface area contributed by atoms with Crippen LogP contribution in [0, 0.1) is 11.3 Å². The monoisotopic (exact) mass is 247 g/mol. The first-order chi connectivity index (χ1) is 8.22. The van der Waals surface area contributed by atoms with Gasteiger partial charge in [0.05, 0.1) is 0 Å². The van der Waals surface area contributed by atoms with E-state index >= 15 is 0 Å². The van der Waals surface area contributed by atoms with Crippen molar-refractivity contribution in [2.75, 3.05) is 12.3 Å². The smallest absolute Gasteiger partial charge is 0.144 e. The lowest BCUT2D eigenvalue weighted by molar-refractivity contribution is 0.204. The minimum absolute atomic E-state index is 0.556. The molecule has 0 amide bonds. The molecule has 1 aromatic rings. The lowest BCUT2D eigenvalue weighted by Crippen LogP contribution is -2.44. The topological polar surface area (TPSA) is 39.9 Å². The van der Waals surface area contributed by atoms with Crippen LogP contribution in [-0.4, -0.2) is 33.5 Å². The van der Waals surface area contributed by atoms with E-state index in [0.717, 1.165) is 18.7 Å². The van der Waals surface area contributed by atoms with Crippen LogP contribution >= 0.6 is 11.8 Å². The molecule has 2 heterocycles. The van der Waals surface area contributed by atoms with Crippen LogP contribution in [0.25, 0.3) is 0 Å². The maximum absolute atomic E-state index is 9.03. The summed E-state index contributed by atoms with van der Waals surface area (Å²) >= 11 is 2.03. The van der Waals surface area contributed by atoms with E-state index in [1.54, 1.807) is 6.20 Å². The third-order valence-electron chi connectivity index (χ3n) is 3.39. The average Bonchev–Trinajstić information content (AvgIpc) is 2.35. The van der Waals surface area contributed by atoms with Gasteiger partial charge < -0.3 is 0 Å². The van der Waals surface area contributed by atoms with Gasteiger partial charge in [0.2, 0.25) is 0 Å². The Bertz CT molecular complexity index is 427. The summed E-state index contributed by atoms with van der Waals surface area (Å²) in [6.45, 7) is 6.47. The minimum atomic E-state index is 0.556. The fourth-order valence-corrected chi connectivity index (χ4v) is 3.27. The highest BCUT2D eigenvalue weighted by Crippen LogP contribution is 2.25. The summed E-state index contributed by atoms with van der Waals surface area (Å²) < 4.78 is 0. The molecule has 2 rings (SSSR count). The standard InChI is InChI=1S/C13H17N3S/c1-10-11(2)17-7-6-16(10)9-12-4-3-5-15-13(12)8-14/h3-5,10-11H,6-7,9H2,1-2H3. The molecule has 1 saturated heterocycles. The molecule has 0 bridgehead atoms. The lowest BCUT2D eigenvalue weighted by Gasteiger charge is -2.37. The van der Waals surface area contributed by atoms with Crippen LogP contribution in [0.4, 0.5) is 0 Å². The first kappa shape index (κ1) is 12.4. The van der Waals surface area contributed by atoms with Crippen LogP contribution < -0.4 is 0 Å². The van der Waals surface area contributed by atoms with E-state index in [2.05, 4.69) is 29.8 Å². The molecule has 0 saturated carbocycles. The summed E-state index contributed by atoms with van der Waals surface area (Å²) in [6.07, 6.45) is 1.68. The normalized spacial score (nSPS) is 25.5. The van der Waals surface area contributed by atoms with Crippen molar-refractivity contribution < 1.29 is 0 Å². The molecule has 1 aliphatic heterocycles. The van der Waals surface area contributed by atoms with E-state index in [9.17, 15) is 0 Å². The summed E-state index contributed by atoms with van der Waals surface area (Å²) in [5, 5.41) is 9.69. The van der Waals surface area contributed by atoms with Gasteiger partial charge in [0.1, 0.15) is 11.8 Å². The Morgan fingerprint density at radius 3 is 3.18 bits per heavy atom. The van der Waals surface area contributed by atoms with Crippen molar-refractivity contribution in [2.45, 2.75) is 31.7 Å². The quantitative estimate of drug-likeness (QED) is 0.804. The molecule has 0 spiro atoms. The van der Waals surface area contributed by atoms with Crippen molar-refractivity contribution in [1.82, 2.24) is 9.88 Å². The van der Waals surface area contributed by atoms with Gasteiger partial charge in [-0.05, 0) is 13.0 Å². The van der Waals surface area contributed by atoms with E-state index in [-0.39, 0.29) is 0 Å². The van der Waals surface area contributed by atoms with Gasteiger partial charge in [-0.2, -0.15) is 17.0 Å². The zero-order chi connectivity index (χ0) is 12.3. The number of aromatic nitrogens is 1. The summed E-state index contributed by atoms with van der Waals surface area (Å²) in [5.74, 6) is 1.17. The molecule has 4 heteroatoms. The van der Waals surface area contributed by atoms with E-state index in [4.69, 9.17) is 5.26 Å². The number of pyridine rings is 1. The molecule has 0 radical (unpaired) electrons. The molecule has 1 fully saturated rings. The minimum Gasteiger partial charge on any atom is -0.294 e. The molecule has 0 aliphatic carbocycles. The highest BCUT2D eigenvalue weighted by atomic mass is 32.2. The van der Waals surface area contributed by atoms with Crippen LogP contribution in [0.5, 0.6) is 0 Å². The first-order valence-electron chi connectivity index (χ1n) is 5.92. The third-order valence-corrected chi connectivity index (χ3v) is 4.72. The van der Waals surface area contributed by atoms with E-state index in [0.29, 0.717) is 17.0 Å². The van der Waals surface area contributed by atoms with Gasteiger partial charge in [-0.25, -0.2) is 4.98 Å². The van der Waals surface area contributed by atoms with Crippen LogP contribution in [0.3, 0.4) is 0 Å². The second-order valence-corrected chi connectivity index (χ2v) is 5.90. The number of thioether (sulfide) groups is 1. The van der Waals surface area contributed by atoms with Crippen molar-refractivity contribution in [3.8, 4) is 6.07 Å². The van der Waals surface area contributed by atoms with Gasteiger partial charge in [0.25, 0.3) is 0 Å². The van der Waals surface area contributed by atoms with E-state index < -0.39 is 0 Å². The molecule has 2 atom stereocenters. The summed E-state index contributed by atoms with van der Waals surface area (Å²) in [7, 11) is 0. The summed E-state index contributed by atoms with van der Waals surface area (Å²) in [4.78, 5) is 6.56. The second-order valence-electron chi connectivity index (χ2n) is 4.41. The van der Waals surface area contributed by atoms with Gasteiger partial charge in [0.15, 0.2) is 0 Å². The SMILES string of the molecule is CC1SCCN(Cc2cccnc2C#N)C1C. The van der Waals surface area contributed by atoms with Gasteiger partial charge in [-0.3, -0.25) is 4.90 Å². The molecular weight excluding hydrogens is 230 g/mol. The Morgan fingerprint density at radius 1 is 1.59 bits per heavy atom. The van der Waals surface area contributed by atoms with Crippen molar-refractivity contribution >= 4 is 11.8 Å². The number of nitriles is 1. The number of hydrogen-bond acceptors (Lipinski definition) is 4. The molecule has 2 unspecified atom stereocenters. The highest BCUT2D eigenvalue weighted by molar-refractivity contribution is 8.00. The number of rotatable bonds is 2. The predicted octanol–water partition coefficient (Wildman–Crippen LogP) is 2.28. The maximum Gasteiger partial charge on any atom is 0.144 e. The fraction of sp³-hybridized carbons (Fsp3) is 0.538. The average molecular weight is 247 g/mol. The maximum atomic E-state index is 9.03. The summed E-state index contributed by atoms with van der Waals surface area (Å²) in [5.41, 5.74) is 1.60. The largest absolute Gasteiger partial charge is 0.294 e. The Balaban J connectivity index is 2.12. The number of nitrogens with zero attached hydrogens (tertiary/aromatic N) is 3. The van der Waals surface area contributed by atoms with Crippen LogP contribution in [0.2, 0.25) is 0 Å². The van der Waals surface area contributed by atoms with Gasteiger partial charge in [0, 0.05) is 41.9 Å². The second kappa shape index (κ2) is 5.52. The zero-order valence-electron chi connectivity index (χ0n) is 10.3. The molecular formula is C13H17N3S. The molecule has 90 valence electrons. The van der Waals surface area contributed by atoms with Gasteiger partial charge in [-0.1, -0.05) is 13.0 Å². The van der Waals surface area contributed by atoms with Gasteiger partial charge >= 0.3 is 0 Å². The Labute approximate surface area is 107 Å². The van der Waals surface area contributed by atoms with Crippen LogP contribution in [0.1, 0.15) is 25.1 Å². The molecule has 0 N–H and O–H groups in total. The van der Waals surface area contributed by atoms with Crippen LogP contribution in [0.15, 0.2) is 18.3 Å². The van der Waals surface area contributed by atoms with Crippen molar-refractivity contribution in [3.05, 3.63) is 29.6 Å². The Hall–Kier alpha value is -1.05. The molecule has 1 aliphatic rings.